The summed E-state index contributed by atoms with van der Waals surface area (Å²) in [7, 11) is 0. The fourth-order valence-corrected chi connectivity index (χ4v) is 4.78. The number of rotatable bonds is 12. The van der Waals surface area contributed by atoms with Gasteiger partial charge in [0.15, 0.2) is 5.65 Å². The third-order valence-corrected chi connectivity index (χ3v) is 6.48. The quantitative estimate of drug-likeness (QED) is 0.201. The molecular weight excluding hydrogens is 406 g/mol. The number of hydrogen-bond acceptors (Lipinski definition) is 6. The molecule has 0 amide bonds. The number of nitrogens with zero attached hydrogens (tertiary/aromatic N) is 5. The Kier molecular flexibility index (Phi) is 9.49. The fourth-order valence-electron chi connectivity index (χ4n) is 3.99. The van der Waals surface area contributed by atoms with E-state index in [2.05, 4.69) is 24.4 Å². The zero-order valence-corrected chi connectivity index (χ0v) is 19.4. The van der Waals surface area contributed by atoms with E-state index in [4.69, 9.17) is 16.3 Å². The molecule has 0 saturated carbocycles. The molecule has 0 N–H and O–H groups in total. The van der Waals surface area contributed by atoms with E-state index in [1.54, 1.807) is 11.8 Å². The number of fused-ring (bicyclic) bond motifs is 1. The summed E-state index contributed by atoms with van der Waals surface area (Å²) >= 11 is 7.62. The van der Waals surface area contributed by atoms with E-state index < -0.39 is 0 Å². The smallest absolute Gasteiger partial charge is 0.225 e. The molecule has 6 nitrogen and oxygen atoms in total. The van der Waals surface area contributed by atoms with Gasteiger partial charge in [0.05, 0.1) is 13.2 Å². The Morgan fingerprint density at radius 1 is 0.897 bits per heavy atom. The predicted molar refractivity (Wildman–Crippen MR) is 121 cm³/mol. The number of aryl methyl sites for hydroxylation is 2. The normalized spacial score (nSPS) is 15.4. The first-order valence-corrected chi connectivity index (χ1v) is 12.5. The van der Waals surface area contributed by atoms with Gasteiger partial charge in [-0.05, 0) is 44.2 Å². The Morgan fingerprint density at radius 3 is 2.17 bits per heavy atom. The van der Waals surface area contributed by atoms with Gasteiger partial charge in [-0.3, -0.25) is 4.90 Å². The molecule has 162 valence electrons. The lowest BCUT2D eigenvalue weighted by atomic mass is 10.1. The van der Waals surface area contributed by atoms with Crippen LogP contribution in [0.2, 0.25) is 5.28 Å². The summed E-state index contributed by atoms with van der Waals surface area (Å²) in [5.74, 6) is 0.993. The first-order chi connectivity index (χ1) is 14.2. The minimum atomic E-state index is 0.274. The highest BCUT2D eigenvalue weighted by Crippen LogP contribution is 2.26. The number of morpholine rings is 1. The van der Waals surface area contributed by atoms with Crippen molar-refractivity contribution in [1.29, 1.82) is 0 Å². The average molecular weight is 440 g/mol. The molecule has 2 aromatic rings. The van der Waals surface area contributed by atoms with Gasteiger partial charge in [0, 0.05) is 19.6 Å². The van der Waals surface area contributed by atoms with E-state index in [-0.39, 0.29) is 5.28 Å². The van der Waals surface area contributed by atoms with E-state index >= 15 is 0 Å². The predicted octanol–water partition coefficient (Wildman–Crippen LogP) is 4.96. The van der Waals surface area contributed by atoms with Gasteiger partial charge >= 0.3 is 0 Å². The Bertz CT molecular complexity index is 763. The van der Waals surface area contributed by atoms with Crippen LogP contribution in [-0.2, 0) is 11.3 Å². The van der Waals surface area contributed by atoms with Crippen LogP contribution in [0.5, 0.6) is 0 Å². The van der Waals surface area contributed by atoms with Gasteiger partial charge in [-0.15, -0.1) is 11.8 Å². The monoisotopic (exact) mass is 439 g/mol. The number of halogens is 1. The van der Waals surface area contributed by atoms with Gasteiger partial charge in [-0.2, -0.15) is 4.98 Å². The van der Waals surface area contributed by atoms with Crippen molar-refractivity contribution in [1.82, 2.24) is 24.4 Å². The van der Waals surface area contributed by atoms with Crippen LogP contribution >= 0.6 is 23.4 Å². The van der Waals surface area contributed by atoms with E-state index in [0.29, 0.717) is 5.65 Å². The third kappa shape index (κ3) is 6.81. The zero-order valence-electron chi connectivity index (χ0n) is 17.8. The van der Waals surface area contributed by atoms with Crippen LogP contribution in [-0.4, -0.2) is 63.5 Å². The van der Waals surface area contributed by atoms with E-state index in [9.17, 15) is 0 Å². The van der Waals surface area contributed by atoms with Gasteiger partial charge in [-0.25, -0.2) is 9.97 Å². The number of hydrogen-bond donors (Lipinski definition) is 0. The van der Waals surface area contributed by atoms with Crippen molar-refractivity contribution >= 4 is 34.5 Å². The van der Waals surface area contributed by atoms with Crippen molar-refractivity contribution in [2.75, 3.05) is 39.1 Å². The lowest BCUT2D eigenvalue weighted by molar-refractivity contribution is 0.0371. The molecule has 1 fully saturated rings. The van der Waals surface area contributed by atoms with Crippen molar-refractivity contribution in [3.63, 3.8) is 0 Å². The third-order valence-electron chi connectivity index (χ3n) is 5.64. The minimum absolute atomic E-state index is 0.274. The standard InChI is InChI=1S/C21H34ClN5OS/c1-17-23-19-18(20(29-2)25-21(22)24-19)27(17)12-10-8-6-4-3-5-7-9-11-26-13-15-28-16-14-26/h3-16H2,1-2H3. The Labute approximate surface area is 183 Å². The number of imidazole rings is 1. The van der Waals surface area contributed by atoms with Crippen LogP contribution in [0, 0.1) is 6.92 Å². The Balaban J connectivity index is 1.29. The molecule has 0 bridgehead atoms. The number of thioether (sulfide) groups is 1. The summed E-state index contributed by atoms with van der Waals surface area (Å²) < 4.78 is 7.65. The van der Waals surface area contributed by atoms with Gasteiger partial charge < -0.3 is 9.30 Å². The van der Waals surface area contributed by atoms with Crippen LogP contribution in [0.3, 0.4) is 0 Å². The molecule has 0 aromatic carbocycles. The number of unbranched alkanes of at least 4 members (excludes halogenated alkanes) is 7. The SMILES string of the molecule is CSc1nc(Cl)nc2nc(C)n(CCCCCCCCCCN3CCOCC3)c12. The molecule has 0 aliphatic carbocycles. The summed E-state index contributed by atoms with van der Waals surface area (Å²) in [4.78, 5) is 15.8. The van der Waals surface area contributed by atoms with E-state index in [1.807, 2.05) is 13.2 Å². The Hall–Kier alpha value is -0.890. The highest BCUT2D eigenvalue weighted by Gasteiger charge is 2.15. The molecule has 1 aliphatic rings. The summed E-state index contributed by atoms with van der Waals surface area (Å²) in [6.45, 7) is 8.31. The van der Waals surface area contributed by atoms with E-state index in [0.717, 1.165) is 49.2 Å². The second-order valence-electron chi connectivity index (χ2n) is 7.77. The maximum absolute atomic E-state index is 6.02. The topological polar surface area (TPSA) is 56.1 Å². The molecule has 3 rings (SSSR count). The van der Waals surface area contributed by atoms with Gasteiger partial charge in [0.1, 0.15) is 16.4 Å². The molecule has 0 spiro atoms. The highest BCUT2D eigenvalue weighted by molar-refractivity contribution is 7.98. The van der Waals surface area contributed by atoms with Crippen LogP contribution in [0.4, 0.5) is 0 Å². The zero-order chi connectivity index (χ0) is 20.5. The van der Waals surface area contributed by atoms with E-state index in [1.165, 1.54) is 57.9 Å². The summed E-state index contributed by atoms with van der Waals surface area (Å²) in [6, 6.07) is 0. The summed E-state index contributed by atoms with van der Waals surface area (Å²) in [5.41, 5.74) is 1.74. The number of ether oxygens (including phenoxy) is 1. The molecule has 3 heterocycles. The van der Waals surface area contributed by atoms with Crippen molar-refractivity contribution in [3.8, 4) is 0 Å². The lowest BCUT2D eigenvalue weighted by Gasteiger charge is -2.26. The highest BCUT2D eigenvalue weighted by atomic mass is 35.5. The van der Waals surface area contributed by atoms with Crippen molar-refractivity contribution in [2.24, 2.45) is 0 Å². The summed E-state index contributed by atoms with van der Waals surface area (Å²) in [6.07, 6.45) is 12.5. The number of aromatic nitrogens is 4. The molecular formula is C21H34ClN5OS. The van der Waals surface area contributed by atoms with Crippen LogP contribution in [0.25, 0.3) is 11.2 Å². The molecule has 0 radical (unpaired) electrons. The lowest BCUT2D eigenvalue weighted by Crippen LogP contribution is -2.36. The average Bonchev–Trinajstić information content (AvgIpc) is 3.04. The molecule has 0 atom stereocenters. The van der Waals surface area contributed by atoms with Gasteiger partial charge in [0.25, 0.3) is 0 Å². The summed E-state index contributed by atoms with van der Waals surface area (Å²) in [5, 5.41) is 1.19. The molecule has 1 aliphatic heterocycles. The van der Waals surface area contributed by atoms with Crippen LogP contribution in [0.1, 0.15) is 57.2 Å². The van der Waals surface area contributed by atoms with Crippen molar-refractivity contribution in [3.05, 3.63) is 11.1 Å². The second kappa shape index (κ2) is 12.1. The maximum atomic E-state index is 6.02. The first-order valence-electron chi connectivity index (χ1n) is 10.9. The van der Waals surface area contributed by atoms with Crippen molar-refractivity contribution < 1.29 is 4.74 Å². The van der Waals surface area contributed by atoms with Gasteiger partial charge in [-0.1, -0.05) is 38.5 Å². The van der Waals surface area contributed by atoms with Crippen LogP contribution in [0.15, 0.2) is 5.03 Å². The molecule has 1 saturated heterocycles. The van der Waals surface area contributed by atoms with Gasteiger partial charge in [0.2, 0.25) is 5.28 Å². The fraction of sp³-hybridized carbons (Fsp3) is 0.762. The molecule has 8 heteroatoms. The Morgan fingerprint density at radius 2 is 1.52 bits per heavy atom. The minimum Gasteiger partial charge on any atom is -0.379 e. The largest absolute Gasteiger partial charge is 0.379 e. The second-order valence-corrected chi connectivity index (χ2v) is 8.90. The maximum Gasteiger partial charge on any atom is 0.225 e. The molecule has 29 heavy (non-hydrogen) atoms. The first kappa shape index (κ1) is 22.8. The molecule has 0 unspecified atom stereocenters. The van der Waals surface area contributed by atoms with Crippen molar-refractivity contribution in [2.45, 2.75) is 69.9 Å². The van der Waals surface area contributed by atoms with Crippen LogP contribution < -0.4 is 0 Å². The molecule has 2 aromatic heterocycles.